The van der Waals surface area contributed by atoms with Crippen molar-refractivity contribution in [2.24, 2.45) is 11.1 Å². The van der Waals surface area contributed by atoms with Crippen LogP contribution < -0.4 is 5.32 Å². The molecule has 0 aromatic heterocycles. The molecule has 4 nitrogen and oxygen atoms in total. The third-order valence-corrected chi connectivity index (χ3v) is 7.43. The van der Waals surface area contributed by atoms with Crippen LogP contribution in [-0.4, -0.2) is 23.5 Å². The number of nitroso groups, excluding NO2 is 1. The summed E-state index contributed by atoms with van der Waals surface area (Å²) in [6.45, 7) is 4.61. The van der Waals surface area contributed by atoms with Gasteiger partial charge < -0.3 is 5.32 Å². The Kier molecular flexibility index (Phi) is 5.11. The zero-order chi connectivity index (χ0) is 19.0. The van der Waals surface area contributed by atoms with Crippen molar-refractivity contribution in [1.82, 2.24) is 10.2 Å². The van der Waals surface area contributed by atoms with E-state index < -0.39 is 0 Å². The van der Waals surface area contributed by atoms with Crippen molar-refractivity contribution in [3.05, 3.63) is 46.0 Å². The van der Waals surface area contributed by atoms with Gasteiger partial charge in [0.25, 0.3) is 0 Å². The number of likely N-dealkylation sites (N-methyl/N-ethyl adjacent to an activating group) is 1. The van der Waals surface area contributed by atoms with Crippen LogP contribution in [0.1, 0.15) is 76.8 Å². The lowest BCUT2D eigenvalue weighted by Gasteiger charge is -2.53. The van der Waals surface area contributed by atoms with Crippen LogP contribution in [0.4, 0.5) is 5.69 Å². The Hall–Kier alpha value is -1.68. The highest BCUT2D eigenvalue weighted by molar-refractivity contribution is 5.48. The third kappa shape index (κ3) is 3.33. The fourth-order valence-corrected chi connectivity index (χ4v) is 5.22. The largest absolute Gasteiger partial charge is 0.384 e. The lowest BCUT2D eigenvalue weighted by atomic mass is 9.71. The molecule has 0 saturated heterocycles. The normalized spacial score (nSPS) is 27.2. The summed E-state index contributed by atoms with van der Waals surface area (Å²) in [5.41, 5.74) is 4.87. The van der Waals surface area contributed by atoms with E-state index in [-0.39, 0.29) is 11.6 Å². The predicted molar refractivity (Wildman–Crippen MR) is 111 cm³/mol. The summed E-state index contributed by atoms with van der Waals surface area (Å²) in [6.07, 6.45) is 10.2. The van der Waals surface area contributed by atoms with Gasteiger partial charge in [0.1, 0.15) is 5.69 Å². The van der Waals surface area contributed by atoms with E-state index in [0.717, 1.165) is 11.5 Å². The molecular weight excluding hydrogens is 334 g/mol. The quantitative estimate of drug-likeness (QED) is 0.617. The van der Waals surface area contributed by atoms with Crippen LogP contribution in [0, 0.1) is 10.8 Å². The second kappa shape index (κ2) is 7.38. The first-order chi connectivity index (χ1) is 13.1. The first-order valence-corrected chi connectivity index (χ1v) is 10.7. The molecule has 27 heavy (non-hydrogen) atoms. The second-order valence-electron chi connectivity index (χ2n) is 8.96. The van der Waals surface area contributed by atoms with E-state index in [4.69, 9.17) is 0 Å². The SMILES string of the molecule is CC1CCCC1NC(=C1CC1)C1(N(C)C(C)c2ccccc2N=O)CCC1. The van der Waals surface area contributed by atoms with E-state index in [0.29, 0.717) is 11.7 Å². The molecule has 0 amide bonds. The Labute approximate surface area is 163 Å². The number of benzene rings is 1. The summed E-state index contributed by atoms with van der Waals surface area (Å²) in [7, 11) is 2.24. The van der Waals surface area contributed by atoms with Gasteiger partial charge in [0.15, 0.2) is 0 Å². The molecule has 3 aliphatic carbocycles. The maximum atomic E-state index is 11.3. The van der Waals surface area contributed by atoms with Gasteiger partial charge in [-0.05, 0) is 87.2 Å². The summed E-state index contributed by atoms with van der Waals surface area (Å²) in [5.74, 6) is 0.763. The molecule has 4 rings (SSSR count). The molecule has 3 aliphatic rings. The van der Waals surface area contributed by atoms with E-state index in [1.54, 1.807) is 5.57 Å². The molecule has 0 spiro atoms. The van der Waals surface area contributed by atoms with E-state index in [1.807, 2.05) is 18.2 Å². The van der Waals surface area contributed by atoms with Crippen LogP contribution >= 0.6 is 0 Å². The molecule has 0 bridgehead atoms. The minimum atomic E-state index is 0.101. The molecule has 1 N–H and O–H groups in total. The van der Waals surface area contributed by atoms with Crippen molar-refractivity contribution >= 4 is 5.69 Å². The van der Waals surface area contributed by atoms with Crippen molar-refractivity contribution in [2.75, 3.05) is 7.05 Å². The van der Waals surface area contributed by atoms with Gasteiger partial charge in [-0.25, -0.2) is 0 Å². The van der Waals surface area contributed by atoms with E-state index in [9.17, 15) is 4.91 Å². The zero-order valence-corrected chi connectivity index (χ0v) is 17.0. The molecule has 3 saturated carbocycles. The Bertz CT molecular complexity index is 731. The van der Waals surface area contributed by atoms with Crippen LogP contribution in [0.25, 0.3) is 0 Å². The summed E-state index contributed by atoms with van der Waals surface area (Å²) in [4.78, 5) is 13.8. The van der Waals surface area contributed by atoms with E-state index in [2.05, 4.69) is 42.4 Å². The van der Waals surface area contributed by atoms with Crippen molar-refractivity contribution in [1.29, 1.82) is 0 Å². The number of hydrogen-bond donors (Lipinski definition) is 1. The fraction of sp³-hybridized carbons (Fsp3) is 0.652. The third-order valence-electron chi connectivity index (χ3n) is 7.43. The molecule has 3 fully saturated rings. The summed E-state index contributed by atoms with van der Waals surface area (Å²) >= 11 is 0. The van der Waals surface area contributed by atoms with Crippen molar-refractivity contribution in [3.8, 4) is 0 Å². The smallest absolute Gasteiger partial charge is 0.112 e. The van der Waals surface area contributed by atoms with E-state index >= 15 is 0 Å². The first kappa shape index (κ1) is 18.7. The highest BCUT2D eigenvalue weighted by Gasteiger charge is 2.49. The topological polar surface area (TPSA) is 44.7 Å². The number of rotatable bonds is 7. The number of allylic oxidation sites excluding steroid dienone is 1. The van der Waals surface area contributed by atoms with Gasteiger partial charge in [-0.3, -0.25) is 4.90 Å². The molecule has 1 aromatic carbocycles. The average molecular weight is 368 g/mol. The number of hydrogen-bond acceptors (Lipinski definition) is 4. The predicted octanol–water partition coefficient (Wildman–Crippen LogP) is 5.83. The first-order valence-electron chi connectivity index (χ1n) is 10.7. The lowest BCUT2D eigenvalue weighted by molar-refractivity contribution is 0.0322. The summed E-state index contributed by atoms with van der Waals surface area (Å²) in [6, 6.07) is 8.58. The molecule has 0 radical (unpaired) electrons. The molecule has 3 unspecified atom stereocenters. The highest BCUT2D eigenvalue weighted by atomic mass is 16.3. The van der Waals surface area contributed by atoms with Crippen molar-refractivity contribution in [3.63, 3.8) is 0 Å². The maximum Gasteiger partial charge on any atom is 0.112 e. The fourth-order valence-electron chi connectivity index (χ4n) is 5.22. The van der Waals surface area contributed by atoms with Gasteiger partial charge in [-0.1, -0.05) is 31.5 Å². The van der Waals surface area contributed by atoms with Crippen LogP contribution in [0.3, 0.4) is 0 Å². The Morgan fingerprint density at radius 1 is 1.22 bits per heavy atom. The number of nitrogens with zero attached hydrogens (tertiary/aromatic N) is 2. The van der Waals surface area contributed by atoms with Gasteiger partial charge in [-0.15, -0.1) is 4.91 Å². The maximum absolute atomic E-state index is 11.3. The van der Waals surface area contributed by atoms with Crippen molar-refractivity contribution in [2.45, 2.75) is 82.8 Å². The van der Waals surface area contributed by atoms with Crippen LogP contribution in [0.5, 0.6) is 0 Å². The van der Waals surface area contributed by atoms with Gasteiger partial charge in [0, 0.05) is 17.8 Å². The van der Waals surface area contributed by atoms with Gasteiger partial charge in [-0.2, -0.15) is 0 Å². The van der Waals surface area contributed by atoms with Crippen LogP contribution in [0.2, 0.25) is 0 Å². The van der Waals surface area contributed by atoms with Crippen LogP contribution in [-0.2, 0) is 0 Å². The zero-order valence-electron chi connectivity index (χ0n) is 17.0. The minimum Gasteiger partial charge on any atom is -0.384 e. The highest BCUT2D eigenvalue weighted by Crippen LogP contribution is 2.50. The summed E-state index contributed by atoms with van der Waals surface area (Å²) in [5, 5.41) is 7.32. The molecule has 1 aromatic rings. The van der Waals surface area contributed by atoms with Crippen molar-refractivity contribution < 1.29 is 0 Å². The Balaban J connectivity index is 1.62. The molecule has 0 aliphatic heterocycles. The lowest BCUT2D eigenvalue weighted by Crippen LogP contribution is -2.58. The molecule has 3 atom stereocenters. The Morgan fingerprint density at radius 2 is 1.96 bits per heavy atom. The van der Waals surface area contributed by atoms with Gasteiger partial charge >= 0.3 is 0 Å². The number of nitrogens with one attached hydrogen (secondary N) is 1. The molecule has 0 heterocycles. The monoisotopic (exact) mass is 367 g/mol. The second-order valence-corrected chi connectivity index (χ2v) is 8.96. The average Bonchev–Trinajstić information content (AvgIpc) is 3.42. The molecule has 146 valence electrons. The molecule has 4 heteroatoms. The molecular formula is C23H33N3O. The minimum absolute atomic E-state index is 0.101. The Morgan fingerprint density at radius 3 is 2.52 bits per heavy atom. The van der Waals surface area contributed by atoms with Gasteiger partial charge in [0.2, 0.25) is 0 Å². The summed E-state index contributed by atoms with van der Waals surface area (Å²) < 4.78 is 0. The standard InChI is InChI=1S/C23H33N3O/c1-16-8-6-11-20(16)24-22(18-12-13-18)23(14-7-15-23)26(3)17(2)19-9-4-5-10-21(19)25-27/h4-5,9-10,16-17,20,24H,6-8,11-15H2,1-3H3. The van der Waals surface area contributed by atoms with E-state index in [1.165, 1.54) is 57.1 Å². The van der Waals surface area contributed by atoms with Gasteiger partial charge in [0.05, 0.1) is 5.54 Å². The van der Waals surface area contributed by atoms with Crippen LogP contribution in [0.15, 0.2) is 40.7 Å².